The molecule has 1 amide bonds. The van der Waals surface area contributed by atoms with Crippen LogP contribution in [0.3, 0.4) is 0 Å². The number of hydrogen-bond acceptors (Lipinski definition) is 4. The maximum absolute atomic E-state index is 13.6. The zero-order valence-corrected chi connectivity index (χ0v) is 15.4. The molecule has 1 aliphatic rings. The van der Waals surface area contributed by atoms with Gasteiger partial charge in [-0.05, 0) is 29.7 Å². The number of rotatable bonds is 6. The average molecular weight is 412 g/mol. The highest BCUT2D eigenvalue weighted by molar-refractivity contribution is 5.67. The Kier molecular flexibility index (Phi) is 6.58. The molecule has 0 radical (unpaired) electrons. The van der Waals surface area contributed by atoms with Crippen LogP contribution in [0, 0.1) is 5.82 Å². The fraction of sp³-hybridized carbons (Fsp3) is 0.350. The number of alkyl halides is 3. The van der Waals surface area contributed by atoms with E-state index < -0.39 is 29.9 Å². The molecular weight excluding hydrogens is 392 g/mol. The van der Waals surface area contributed by atoms with Crippen molar-refractivity contribution in [2.75, 3.05) is 13.1 Å². The lowest BCUT2D eigenvalue weighted by atomic mass is 10.0. The van der Waals surface area contributed by atoms with Gasteiger partial charge in [0.05, 0.1) is 5.56 Å². The summed E-state index contributed by atoms with van der Waals surface area (Å²) in [5.41, 5.74) is -0.0828. The molecule has 1 unspecified atom stereocenters. The Balaban J connectivity index is 1.42. The summed E-state index contributed by atoms with van der Waals surface area (Å²) in [6, 6.07) is 10.8. The van der Waals surface area contributed by atoms with E-state index in [1.807, 2.05) is 30.3 Å². The van der Waals surface area contributed by atoms with Crippen molar-refractivity contribution in [2.24, 2.45) is 0 Å². The first-order valence-corrected chi connectivity index (χ1v) is 9.07. The first-order chi connectivity index (χ1) is 13.8. The van der Waals surface area contributed by atoms with Gasteiger partial charge in [-0.15, -0.1) is 0 Å². The number of aryl methyl sites for hydroxylation is 1. The standard InChI is InChI=1S/C20H20F4N2O3/c21-16-10-14-6-7-18(29-17(14)11-15(16)20(22,23)24)25-8-9-26-19(27)28-12-13-4-2-1-3-5-13/h1-5,10-11,18,25H,6-9,12H2,(H,26,27). The van der Waals surface area contributed by atoms with Crippen molar-refractivity contribution in [3.05, 3.63) is 65.0 Å². The molecule has 0 saturated heterocycles. The number of hydrogen-bond donors (Lipinski definition) is 2. The van der Waals surface area contributed by atoms with E-state index in [0.717, 1.165) is 11.6 Å². The Morgan fingerprint density at radius 2 is 1.93 bits per heavy atom. The molecule has 3 rings (SSSR count). The van der Waals surface area contributed by atoms with Crippen LogP contribution in [0.25, 0.3) is 0 Å². The normalized spacial score (nSPS) is 15.9. The molecule has 0 aliphatic carbocycles. The molecule has 0 spiro atoms. The third-order valence-corrected chi connectivity index (χ3v) is 4.38. The zero-order valence-electron chi connectivity index (χ0n) is 15.4. The third kappa shape index (κ3) is 5.83. The van der Waals surface area contributed by atoms with Gasteiger partial charge in [-0.25, -0.2) is 9.18 Å². The molecular formula is C20H20F4N2O3. The van der Waals surface area contributed by atoms with Gasteiger partial charge in [0, 0.05) is 19.5 Å². The molecule has 1 heterocycles. The molecule has 156 valence electrons. The van der Waals surface area contributed by atoms with Crippen LogP contribution >= 0.6 is 0 Å². The third-order valence-electron chi connectivity index (χ3n) is 4.38. The van der Waals surface area contributed by atoms with Crippen molar-refractivity contribution in [3.63, 3.8) is 0 Å². The molecule has 2 aromatic carbocycles. The van der Waals surface area contributed by atoms with Gasteiger partial charge < -0.3 is 14.8 Å². The molecule has 2 aromatic rings. The van der Waals surface area contributed by atoms with Crippen LogP contribution in [0.1, 0.15) is 23.1 Å². The van der Waals surface area contributed by atoms with Crippen molar-refractivity contribution in [2.45, 2.75) is 31.9 Å². The highest BCUT2D eigenvalue weighted by Gasteiger charge is 2.36. The van der Waals surface area contributed by atoms with Gasteiger partial charge in [0.15, 0.2) is 6.23 Å². The van der Waals surface area contributed by atoms with Crippen LogP contribution in [0.15, 0.2) is 42.5 Å². The Morgan fingerprint density at radius 3 is 2.66 bits per heavy atom. The van der Waals surface area contributed by atoms with E-state index >= 15 is 0 Å². The van der Waals surface area contributed by atoms with Crippen LogP contribution in [-0.4, -0.2) is 25.4 Å². The van der Waals surface area contributed by atoms with E-state index in [4.69, 9.17) is 9.47 Å². The van der Waals surface area contributed by atoms with Crippen molar-refractivity contribution in [3.8, 4) is 5.75 Å². The van der Waals surface area contributed by atoms with Crippen LogP contribution < -0.4 is 15.4 Å². The lowest BCUT2D eigenvalue weighted by Gasteiger charge is -2.27. The summed E-state index contributed by atoms with van der Waals surface area (Å²) in [5.74, 6) is -1.29. The first kappa shape index (κ1) is 20.9. The molecule has 1 atom stereocenters. The number of halogens is 4. The van der Waals surface area contributed by atoms with Gasteiger partial charge in [-0.2, -0.15) is 13.2 Å². The number of fused-ring (bicyclic) bond motifs is 1. The van der Waals surface area contributed by atoms with Crippen LogP contribution in [0.5, 0.6) is 5.75 Å². The molecule has 9 heteroatoms. The van der Waals surface area contributed by atoms with Gasteiger partial charge in [-0.3, -0.25) is 5.32 Å². The Hall–Kier alpha value is -2.81. The minimum atomic E-state index is -4.78. The molecule has 0 saturated carbocycles. The second-order valence-corrected chi connectivity index (χ2v) is 6.53. The van der Waals surface area contributed by atoms with Gasteiger partial charge >= 0.3 is 12.3 Å². The Bertz CT molecular complexity index is 844. The quantitative estimate of drug-likeness (QED) is 0.556. The summed E-state index contributed by atoms with van der Waals surface area (Å²) < 4.78 is 62.8. The molecule has 2 N–H and O–H groups in total. The number of ether oxygens (including phenoxy) is 2. The van der Waals surface area contributed by atoms with Crippen LogP contribution in [0.2, 0.25) is 0 Å². The maximum atomic E-state index is 13.6. The minimum Gasteiger partial charge on any atom is -0.475 e. The molecule has 1 aliphatic heterocycles. The number of carbonyl (C=O) groups is 1. The summed E-state index contributed by atoms with van der Waals surface area (Å²) in [7, 11) is 0. The van der Waals surface area contributed by atoms with Gasteiger partial charge in [0.1, 0.15) is 18.2 Å². The number of alkyl carbamates (subject to hydrolysis) is 1. The van der Waals surface area contributed by atoms with E-state index in [0.29, 0.717) is 31.0 Å². The second kappa shape index (κ2) is 9.13. The largest absolute Gasteiger partial charge is 0.475 e. The monoisotopic (exact) mass is 412 g/mol. The summed E-state index contributed by atoms with van der Waals surface area (Å²) in [6.45, 7) is 0.728. The van der Waals surface area contributed by atoms with E-state index in [-0.39, 0.29) is 18.9 Å². The summed E-state index contributed by atoms with van der Waals surface area (Å²) in [5, 5.41) is 5.57. The minimum absolute atomic E-state index is 0.0118. The number of benzene rings is 2. The maximum Gasteiger partial charge on any atom is 0.419 e. The predicted molar refractivity (Wildman–Crippen MR) is 96.8 cm³/mol. The highest BCUT2D eigenvalue weighted by atomic mass is 19.4. The van der Waals surface area contributed by atoms with Gasteiger partial charge in [-0.1, -0.05) is 30.3 Å². The van der Waals surface area contributed by atoms with E-state index in [1.54, 1.807) is 0 Å². The molecule has 29 heavy (non-hydrogen) atoms. The fourth-order valence-electron chi connectivity index (χ4n) is 2.93. The number of carbonyl (C=O) groups excluding carboxylic acids is 1. The second-order valence-electron chi connectivity index (χ2n) is 6.53. The van der Waals surface area contributed by atoms with Crippen molar-refractivity contribution >= 4 is 6.09 Å². The lowest BCUT2D eigenvalue weighted by molar-refractivity contribution is -0.140. The van der Waals surface area contributed by atoms with E-state index in [2.05, 4.69) is 10.6 Å². The van der Waals surface area contributed by atoms with Gasteiger partial charge in [0.25, 0.3) is 0 Å². The van der Waals surface area contributed by atoms with Crippen LogP contribution in [-0.2, 0) is 23.9 Å². The van der Waals surface area contributed by atoms with Crippen molar-refractivity contribution in [1.82, 2.24) is 10.6 Å². The average Bonchev–Trinajstić information content (AvgIpc) is 2.69. The Labute approximate surface area is 165 Å². The zero-order chi connectivity index (χ0) is 20.9. The Morgan fingerprint density at radius 1 is 1.17 bits per heavy atom. The molecule has 5 nitrogen and oxygen atoms in total. The van der Waals surface area contributed by atoms with E-state index in [9.17, 15) is 22.4 Å². The van der Waals surface area contributed by atoms with Crippen molar-refractivity contribution in [1.29, 1.82) is 0 Å². The predicted octanol–water partition coefficient (Wildman–Crippen LogP) is 4.01. The van der Waals surface area contributed by atoms with E-state index in [1.165, 1.54) is 0 Å². The lowest BCUT2D eigenvalue weighted by Crippen LogP contribution is -2.42. The highest BCUT2D eigenvalue weighted by Crippen LogP contribution is 2.37. The molecule has 0 fully saturated rings. The molecule has 0 bridgehead atoms. The fourth-order valence-corrected chi connectivity index (χ4v) is 2.93. The number of nitrogens with one attached hydrogen (secondary N) is 2. The van der Waals surface area contributed by atoms with Gasteiger partial charge in [0.2, 0.25) is 0 Å². The first-order valence-electron chi connectivity index (χ1n) is 9.07. The summed E-state index contributed by atoms with van der Waals surface area (Å²) in [6.07, 6.45) is -5.04. The summed E-state index contributed by atoms with van der Waals surface area (Å²) in [4.78, 5) is 11.7. The topological polar surface area (TPSA) is 59.6 Å². The summed E-state index contributed by atoms with van der Waals surface area (Å²) >= 11 is 0. The number of amides is 1. The smallest absolute Gasteiger partial charge is 0.419 e. The molecule has 0 aromatic heterocycles. The SMILES string of the molecule is O=C(NCCNC1CCc2cc(F)c(C(F)(F)F)cc2O1)OCc1ccccc1. The van der Waals surface area contributed by atoms with Crippen LogP contribution in [0.4, 0.5) is 22.4 Å². The van der Waals surface area contributed by atoms with Crippen molar-refractivity contribution < 1.29 is 31.8 Å².